The number of rotatable bonds is 9. The number of benzene rings is 1. The molecule has 1 atom stereocenters. The van der Waals surface area contributed by atoms with E-state index in [0.717, 1.165) is 6.07 Å². The van der Waals surface area contributed by atoms with Crippen LogP contribution in [0.25, 0.3) is 0 Å². The van der Waals surface area contributed by atoms with Gasteiger partial charge in [-0.25, -0.2) is 21.1 Å². The molecule has 0 N–H and O–H groups in total. The van der Waals surface area contributed by atoms with Gasteiger partial charge >= 0.3 is 6.18 Å². The Balaban J connectivity index is 1.31. The van der Waals surface area contributed by atoms with E-state index in [1.54, 1.807) is 24.5 Å². The number of ether oxygens (including phenoxy) is 1. The van der Waals surface area contributed by atoms with Gasteiger partial charge in [-0.2, -0.15) is 17.5 Å². The Bertz CT molecular complexity index is 1320. The summed E-state index contributed by atoms with van der Waals surface area (Å²) in [7, 11) is -7.67. The highest BCUT2D eigenvalue weighted by Gasteiger charge is 2.38. The predicted octanol–water partition coefficient (Wildman–Crippen LogP) is 4.56. The first kappa shape index (κ1) is 29.1. The number of nitrogens with zero attached hydrogens (tertiary/aromatic N) is 3. The number of halogens is 4. The summed E-state index contributed by atoms with van der Waals surface area (Å²) in [5.41, 5.74) is -1.03. The normalized spacial score (nSPS) is 20.6. The smallest absolute Gasteiger partial charge is 0.416 e. The van der Waals surface area contributed by atoms with E-state index in [1.165, 1.54) is 8.61 Å². The van der Waals surface area contributed by atoms with Crippen molar-refractivity contribution in [2.75, 3.05) is 25.4 Å². The van der Waals surface area contributed by atoms with Crippen LogP contribution in [0.2, 0.25) is 5.02 Å². The molecule has 0 spiro atoms. The molecule has 4 rings (SSSR count). The lowest BCUT2D eigenvalue weighted by molar-refractivity contribution is -0.137. The van der Waals surface area contributed by atoms with Gasteiger partial charge in [0.25, 0.3) is 0 Å². The van der Waals surface area contributed by atoms with Gasteiger partial charge in [0.05, 0.1) is 16.3 Å². The lowest BCUT2D eigenvalue weighted by Gasteiger charge is -2.31. The van der Waals surface area contributed by atoms with Crippen molar-refractivity contribution in [3.05, 3.63) is 53.3 Å². The van der Waals surface area contributed by atoms with Gasteiger partial charge in [0.15, 0.2) is 0 Å². The van der Waals surface area contributed by atoms with E-state index in [2.05, 4.69) is 4.98 Å². The van der Waals surface area contributed by atoms with Crippen molar-refractivity contribution in [2.24, 2.45) is 0 Å². The van der Waals surface area contributed by atoms with Gasteiger partial charge in [-0.3, -0.25) is 4.98 Å². The van der Waals surface area contributed by atoms with Crippen LogP contribution in [-0.2, 0) is 26.2 Å². The fraction of sp³-hybridized carbons (Fsp3) is 0.542. The van der Waals surface area contributed by atoms with E-state index >= 15 is 0 Å². The van der Waals surface area contributed by atoms with Crippen LogP contribution < -0.4 is 4.74 Å². The second kappa shape index (κ2) is 11.7. The monoisotopic (exact) mass is 595 g/mol. The van der Waals surface area contributed by atoms with Crippen LogP contribution in [0.1, 0.15) is 44.1 Å². The summed E-state index contributed by atoms with van der Waals surface area (Å²) in [6.07, 6.45) is 1.33. The number of hydrogen-bond donors (Lipinski definition) is 0. The highest BCUT2D eigenvalue weighted by atomic mass is 35.5. The van der Waals surface area contributed by atoms with E-state index < -0.39 is 42.9 Å². The molecule has 8 nitrogen and oxygen atoms in total. The second-order valence-electron chi connectivity index (χ2n) is 9.41. The molecule has 2 fully saturated rings. The summed E-state index contributed by atoms with van der Waals surface area (Å²) in [6, 6.07) is 5.23. The Labute approximate surface area is 225 Å². The molecule has 0 saturated carbocycles. The van der Waals surface area contributed by atoms with Gasteiger partial charge in [0.1, 0.15) is 16.7 Å². The minimum absolute atomic E-state index is 0.0851. The molecule has 38 heavy (non-hydrogen) atoms. The first-order valence-corrected chi connectivity index (χ1v) is 15.7. The molecular weight excluding hydrogens is 567 g/mol. The van der Waals surface area contributed by atoms with Gasteiger partial charge < -0.3 is 4.74 Å². The molecule has 1 aromatic heterocycles. The van der Waals surface area contributed by atoms with E-state index in [-0.39, 0.29) is 29.7 Å². The van der Waals surface area contributed by atoms with Crippen LogP contribution >= 0.6 is 11.6 Å². The van der Waals surface area contributed by atoms with Crippen LogP contribution in [0.4, 0.5) is 13.2 Å². The van der Waals surface area contributed by atoms with E-state index in [1.807, 2.05) is 0 Å². The highest BCUT2D eigenvalue weighted by molar-refractivity contribution is 7.89. The molecule has 1 unspecified atom stereocenters. The number of sulfonamides is 2. The van der Waals surface area contributed by atoms with Crippen LogP contribution in [0.15, 0.2) is 47.6 Å². The van der Waals surface area contributed by atoms with Crippen molar-refractivity contribution in [2.45, 2.75) is 61.7 Å². The molecule has 14 heteroatoms. The maximum absolute atomic E-state index is 13.2. The Kier molecular flexibility index (Phi) is 8.92. The zero-order valence-corrected chi connectivity index (χ0v) is 22.9. The molecule has 210 valence electrons. The average molecular weight is 596 g/mol. The summed E-state index contributed by atoms with van der Waals surface area (Å²) in [6.45, 7) is 0.880. The first-order chi connectivity index (χ1) is 17.9. The summed E-state index contributed by atoms with van der Waals surface area (Å²) >= 11 is 5.95. The lowest BCUT2D eigenvalue weighted by atomic mass is 10.1. The molecule has 2 aliphatic rings. The topological polar surface area (TPSA) is 96.9 Å². The van der Waals surface area contributed by atoms with E-state index in [0.29, 0.717) is 63.1 Å². The maximum atomic E-state index is 13.2. The van der Waals surface area contributed by atoms with Crippen molar-refractivity contribution < 1.29 is 34.7 Å². The van der Waals surface area contributed by atoms with Crippen molar-refractivity contribution in [3.8, 4) is 5.75 Å². The highest BCUT2D eigenvalue weighted by Crippen LogP contribution is 2.36. The SMILES string of the molecule is O=S(=O)(CCCC1CCCN1S(=O)(=O)c1ccc(C(F)(F)F)cc1Cl)N1CCC(Oc2ccncc2)CC1. The third-order valence-corrected chi connectivity index (χ3v) is 11.2. The van der Waals surface area contributed by atoms with Gasteiger partial charge in [0.2, 0.25) is 20.0 Å². The van der Waals surface area contributed by atoms with Crippen molar-refractivity contribution >= 4 is 31.6 Å². The Hall–Kier alpha value is -1.93. The summed E-state index contributed by atoms with van der Waals surface area (Å²) in [4.78, 5) is 3.56. The van der Waals surface area contributed by atoms with Crippen LogP contribution in [0.5, 0.6) is 5.75 Å². The van der Waals surface area contributed by atoms with Gasteiger partial charge in [-0.05, 0) is 68.9 Å². The number of piperidine rings is 1. The van der Waals surface area contributed by atoms with Crippen molar-refractivity contribution in [3.63, 3.8) is 0 Å². The van der Waals surface area contributed by atoms with Gasteiger partial charge in [-0.15, -0.1) is 0 Å². The fourth-order valence-corrected chi connectivity index (χ4v) is 8.70. The second-order valence-corrected chi connectivity index (χ2v) is 13.8. The Morgan fingerprint density at radius 3 is 2.32 bits per heavy atom. The Morgan fingerprint density at radius 2 is 1.68 bits per heavy atom. The van der Waals surface area contributed by atoms with Crippen molar-refractivity contribution in [1.29, 1.82) is 0 Å². The third kappa shape index (κ3) is 6.79. The fourth-order valence-electron chi connectivity index (χ4n) is 4.89. The molecule has 2 aliphatic heterocycles. The summed E-state index contributed by atoms with van der Waals surface area (Å²) in [5.74, 6) is 0.573. The molecular formula is C24H29ClF3N3O5S2. The Morgan fingerprint density at radius 1 is 1.00 bits per heavy atom. The molecule has 0 amide bonds. The largest absolute Gasteiger partial charge is 0.490 e. The van der Waals surface area contributed by atoms with Crippen LogP contribution in [0, 0.1) is 0 Å². The molecule has 2 saturated heterocycles. The summed E-state index contributed by atoms with van der Waals surface area (Å²) < 4.78 is 99.7. The maximum Gasteiger partial charge on any atom is 0.416 e. The zero-order valence-electron chi connectivity index (χ0n) is 20.5. The quantitative estimate of drug-likeness (QED) is 0.422. The number of alkyl halides is 3. The minimum atomic E-state index is -4.64. The number of hydrogen-bond acceptors (Lipinski definition) is 6. The number of aromatic nitrogens is 1. The van der Waals surface area contributed by atoms with Crippen LogP contribution in [-0.4, -0.2) is 68.0 Å². The van der Waals surface area contributed by atoms with Gasteiger partial charge in [-0.1, -0.05) is 11.6 Å². The first-order valence-electron chi connectivity index (χ1n) is 12.3. The standard InChI is InChI=1S/C24H29ClF3N3O5S2/c25-22-17-18(24(26,27)28)5-6-23(22)38(34,35)31-13-1-3-19(31)4-2-16-37(32,33)30-14-9-21(10-15-30)36-20-7-11-29-12-8-20/h5-8,11-12,17,19,21H,1-4,9-10,13-16H2. The summed E-state index contributed by atoms with van der Waals surface area (Å²) in [5, 5.41) is -0.496. The zero-order chi connectivity index (χ0) is 27.6. The third-order valence-electron chi connectivity index (χ3n) is 6.86. The average Bonchev–Trinajstić information content (AvgIpc) is 3.34. The molecule has 0 bridgehead atoms. The van der Waals surface area contributed by atoms with Crippen molar-refractivity contribution in [1.82, 2.24) is 13.6 Å². The van der Waals surface area contributed by atoms with Gasteiger partial charge in [0, 0.05) is 38.1 Å². The minimum Gasteiger partial charge on any atom is -0.490 e. The lowest BCUT2D eigenvalue weighted by Crippen LogP contribution is -2.43. The molecule has 2 aromatic rings. The van der Waals surface area contributed by atoms with E-state index in [4.69, 9.17) is 16.3 Å². The molecule has 0 aliphatic carbocycles. The molecule has 3 heterocycles. The predicted molar refractivity (Wildman–Crippen MR) is 136 cm³/mol. The van der Waals surface area contributed by atoms with E-state index in [9.17, 15) is 30.0 Å². The molecule has 0 radical (unpaired) electrons. The number of pyridine rings is 1. The molecule has 1 aromatic carbocycles. The van der Waals surface area contributed by atoms with Crippen LogP contribution in [0.3, 0.4) is 0 Å².